The summed E-state index contributed by atoms with van der Waals surface area (Å²) in [5.74, 6) is -2.28. The molecular weight excluding hydrogens is 672 g/mol. The number of amides is 2. The molecule has 3 aromatic carbocycles. The van der Waals surface area contributed by atoms with E-state index < -0.39 is 58.0 Å². The number of likely N-dealkylation sites (N-methyl/N-ethyl adjacent to an activating group) is 1. The van der Waals surface area contributed by atoms with Crippen LogP contribution in [0.3, 0.4) is 0 Å². The van der Waals surface area contributed by atoms with Crippen molar-refractivity contribution in [1.82, 2.24) is 9.88 Å². The third-order valence-corrected chi connectivity index (χ3v) is 10.8. The van der Waals surface area contributed by atoms with Crippen LogP contribution in [0.4, 0.5) is 30.8 Å². The van der Waals surface area contributed by atoms with Gasteiger partial charge < -0.3 is 25.8 Å². The number of carboxylic acid groups (broad SMARTS) is 1. The third kappa shape index (κ3) is 8.10. The number of nitrogen functional groups attached to an aromatic ring is 1. The average Bonchev–Trinajstić information content (AvgIpc) is 3.90. The van der Waals surface area contributed by atoms with E-state index >= 15 is 0 Å². The Morgan fingerprint density at radius 1 is 1.10 bits per heavy atom. The highest BCUT2D eigenvalue weighted by Crippen LogP contribution is 2.37. The van der Waals surface area contributed by atoms with Gasteiger partial charge in [-0.25, -0.2) is 27.0 Å². The molecule has 50 heavy (non-hydrogen) atoms. The number of aryl methyl sites for hydroxylation is 1. The number of pyridine rings is 1. The Labute approximate surface area is 287 Å². The third-order valence-electron chi connectivity index (χ3n) is 8.44. The highest BCUT2D eigenvalue weighted by molar-refractivity contribution is 7.92. The standard InChI is InChI=1S/C33H33F2N5O5S.C2H4O2/c1-18-13-20-3-8-25(18)27(30(34)35)17-45-33(42)39-23-5-10-28(46(43,44)24-6-7-24)21(15-23)16-40(2)32(41)29(20)38-22-4-9-26-19(14-22)11-12-37-31(26)36;1-2(3)4/h3-5,8-15,24,27,29-30,38H,6-7,16-17H2,1-2H3,(H2,36,37)(H,39,42);1H3,(H,3,4)/t27-,29+;/m0./s1. The van der Waals surface area contributed by atoms with Crippen LogP contribution in [0.25, 0.3) is 10.8 Å². The Balaban J connectivity index is 0.00000115. The lowest BCUT2D eigenvalue weighted by molar-refractivity contribution is -0.134. The molecule has 264 valence electrons. The zero-order valence-electron chi connectivity index (χ0n) is 27.5. The van der Waals surface area contributed by atoms with Crippen molar-refractivity contribution in [3.8, 4) is 0 Å². The minimum Gasteiger partial charge on any atom is -0.481 e. The number of anilines is 3. The molecule has 1 aromatic heterocycles. The van der Waals surface area contributed by atoms with Gasteiger partial charge in [0.2, 0.25) is 12.3 Å². The van der Waals surface area contributed by atoms with E-state index in [2.05, 4.69) is 15.6 Å². The summed E-state index contributed by atoms with van der Waals surface area (Å²) in [5, 5.41) is 14.3. The molecule has 1 aliphatic carbocycles. The lowest BCUT2D eigenvalue weighted by Gasteiger charge is -2.28. The van der Waals surface area contributed by atoms with Crippen LogP contribution in [0.1, 0.15) is 54.0 Å². The molecule has 15 heteroatoms. The second-order valence-electron chi connectivity index (χ2n) is 12.3. The summed E-state index contributed by atoms with van der Waals surface area (Å²) in [6, 6.07) is 15.3. The quantitative estimate of drug-likeness (QED) is 0.196. The van der Waals surface area contributed by atoms with Gasteiger partial charge in [0.1, 0.15) is 18.5 Å². The van der Waals surface area contributed by atoms with Gasteiger partial charge in [0.05, 0.1) is 16.1 Å². The first-order valence-corrected chi connectivity index (χ1v) is 17.2. The number of alkyl halides is 2. The van der Waals surface area contributed by atoms with E-state index in [0.717, 1.165) is 17.7 Å². The van der Waals surface area contributed by atoms with Crippen LogP contribution in [0.2, 0.25) is 0 Å². The van der Waals surface area contributed by atoms with E-state index in [0.29, 0.717) is 41.0 Å². The zero-order valence-corrected chi connectivity index (χ0v) is 28.3. The molecule has 4 bridgehead atoms. The summed E-state index contributed by atoms with van der Waals surface area (Å²) in [4.78, 5) is 41.5. The van der Waals surface area contributed by atoms with Crippen LogP contribution >= 0.6 is 0 Å². The molecule has 2 aliphatic heterocycles. The SMILES string of the molecule is CC(=O)O.Cc1cc2ccc1[C@@H](C(F)F)COC(=O)Nc1ccc(S(=O)(=O)C3CC3)c(c1)CN(C)C(=O)[C@@H]2Nc1ccc2c(N)nccc2c1. The number of sulfone groups is 1. The number of carboxylic acids is 1. The van der Waals surface area contributed by atoms with Crippen molar-refractivity contribution in [2.75, 3.05) is 30.0 Å². The predicted molar refractivity (Wildman–Crippen MR) is 184 cm³/mol. The lowest BCUT2D eigenvalue weighted by Crippen LogP contribution is -2.35. The molecule has 0 spiro atoms. The van der Waals surface area contributed by atoms with Crippen molar-refractivity contribution in [1.29, 1.82) is 0 Å². The van der Waals surface area contributed by atoms with Crippen LogP contribution in [-0.4, -0.2) is 66.7 Å². The molecule has 1 fully saturated rings. The minimum atomic E-state index is -3.68. The fourth-order valence-corrected chi connectivity index (χ4v) is 7.69. The number of hydrogen-bond acceptors (Lipinski definition) is 9. The molecule has 12 nitrogen and oxygen atoms in total. The van der Waals surface area contributed by atoms with Gasteiger partial charge in [0, 0.05) is 43.5 Å². The summed E-state index contributed by atoms with van der Waals surface area (Å²) in [5.41, 5.74) is 8.40. The topological polar surface area (TPSA) is 181 Å². The fraction of sp³-hybridized carbons (Fsp3) is 0.314. The monoisotopic (exact) mass is 709 g/mol. The van der Waals surface area contributed by atoms with Crippen molar-refractivity contribution in [2.24, 2.45) is 0 Å². The second kappa shape index (κ2) is 14.7. The fourth-order valence-electron chi connectivity index (χ4n) is 5.83. The Bertz CT molecular complexity index is 2050. The lowest BCUT2D eigenvalue weighted by atomic mass is 9.92. The molecule has 4 aromatic rings. The van der Waals surface area contributed by atoms with Crippen LogP contribution in [0.5, 0.6) is 0 Å². The minimum absolute atomic E-state index is 0.0675. The van der Waals surface area contributed by atoms with Crippen molar-refractivity contribution in [3.05, 3.63) is 89.1 Å². The zero-order chi connectivity index (χ0) is 36.3. The number of rotatable bonds is 5. The molecule has 0 saturated heterocycles. The molecule has 1 saturated carbocycles. The summed E-state index contributed by atoms with van der Waals surface area (Å²) >= 11 is 0. The number of carbonyl (C=O) groups excluding carboxylic acids is 2. The number of fused-ring (bicyclic) bond motifs is 10. The first-order chi connectivity index (χ1) is 23.6. The van der Waals surface area contributed by atoms with Crippen molar-refractivity contribution >= 4 is 55.8 Å². The number of hydrogen-bond donors (Lipinski definition) is 4. The Morgan fingerprint density at radius 2 is 1.82 bits per heavy atom. The number of nitrogens with zero attached hydrogens (tertiary/aromatic N) is 2. The van der Waals surface area contributed by atoms with E-state index in [4.69, 9.17) is 20.4 Å². The Morgan fingerprint density at radius 3 is 2.48 bits per heavy atom. The number of aromatic nitrogens is 1. The molecule has 3 heterocycles. The molecule has 3 aliphatic rings. The largest absolute Gasteiger partial charge is 0.481 e. The molecule has 5 N–H and O–H groups in total. The normalized spacial score (nSPS) is 18.2. The predicted octanol–water partition coefficient (Wildman–Crippen LogP) is 5.88. The maximum Gasteiger partial charge on any atom is 0.411 e. The van der Waals surface area contributed by atoms with Crippen molar-refractivity contribution < 1.29 is 41.4 Å². The molecule has 0 radical (unpaired) electrons. The first-order valence-electron chi connectivity index (χ1n) is 15.7. The molecular formula is C35H37F2N5O7S. The average molecular weight is 710 g/mol. The number of aliphatic carboxylic acids is 1. The van der Waals surface area contributed by atoms with Gasteiger partial charge in [-0.1, -0.05) is 18.2 Å². The molecule has 0 unspecified atom stereocenters. The molecule has 2 amide bonds. The molecule has 2 atom stereocenters. The van der Waals surface area contributed by atoms with E-state index in [1.807, 2.05) is 6.07 Å². The van der Waals surface area contributed by atoms with Crippen LogP contribution < -0.4 is 16.4 Å². The maximum absolute atomic E-state index is 14.3. The van der Waals surface area contributed by atoms with Gasteiger partial charge in [0.25, 0.3) is 5.97 Å². The van der Waals surface area contributed by atoms with E-state index in [1.54, 1.807) is 50.5 Å². The summed E-state index contributed by atoms with van der Waals surface area (Å²) in [6.07, 6.45) is -1.12. The van der Waals surface area contributed by atoms with E-state index in [9.17, 15) is 26.8 Å². The van der Waals surface area contributed by atoms with Gasteiger partial charge in [-0.2, -0.15) is 0 Å². The van der Waals surface area contributed by atoms with Crippen LogP contribution in [0.15, 0.2) is 71.8 Å². The Hall–Kier alpha value is -5.31. The van der Waals surface area contributed by atoms with Gasteiger partial charge in [-0.05, 0) is 89.9 Å². The van der Waals surface area contributed by atoms with Gasteiger partial charge in [0.15, 0.2) is 9.84 Å². The van der Waals surface area contributed by atoms with Gasteiger partial charge in [-0.3, -0.25) is 14.9 Å². The van der Waals surface area contributed by atoms with Crippen molar-refractivity contribution in [3.63, 3.8) is 0 Å². The smallest absolute Gasteiger partial charge is 0.411 e. The van der Waals surface area contributed by atoms with Crippen molar-refractivity contribution in [2.45, 2.75) is 61.8 Å². The summed E-state index contributed by atoms with van der Waals surface area (Å²) < 4.78 is 60.5. The Kier molecular flexibility index (Phi) is 10.6. The highest BCUT2D eigenvalue weighted by atomic mass is 32.2. The summed E-state index contributed by atoms with van der Waals surface area (Å²) in [6.45, 7) is 2.06. The van der Waals surface area contributed by atoms with Gasteiger partial charge >= 0.3 is 6.09 Å². The van der Waals surface area contributed by atoms with E-state index in [-0.39, 0.29) is 22.7 Å². The number of carbonyl (C=O) groups is 3. The van der Waals surface area contributed by atoms with Gasteiger partial charge in [-0.15, -0.1) is 0 Å². The highest BCUT2D eigenvalue weighted by Gasteiger charge is 2.39. The second-order valence-corrected chi connectivity index (χ2v) is 14.5. The van der Waals surface area contributed by atoms with Crippen LogP contribution in [-0.2, 0) is 30.7 Å². The number of benzene rings is 3. The maximum atomic E-state index is 14.3. The van der Waals surface area contributed by atoms with E-state index in [1.165, 1.54) is 29.2 Å². The number of nitrogens with two attached hydrogens (primary N) is 1. The number of nitrogens with one attached hydrogen (secondary N) is 2. The number of ether oxygens (including phenoxy) is 1. The number of halogens is 2. The first kappa shape index (κ1) is 36.0. The molecule has 7 rings (SSSR count). The van der Waals surface area contributed by atoms with Crippen LogP contribution in [0, 0.1) is 6.92 Å². The summed E-state index contributed by atoms with van der Waals surface area (Å²) in [7, 11) is -2.12.